The molecule has 22 heavy (non-hydrogen) atoms. The van der Waals surface area contributed by atoms with Gasteiger partial charge in [-0.05, 0) is 44.9 Å². The van der Waals surface area contributed by atoms with Gasteiger partial charge in [0, 0.05) is 25.2 Å². The molecule has 0 aromatic heterocycles. The van der Waals surface area contributed by atoms with Gasteiger partial charge in [-0.15, -0.1) is 0 Å². The van der Waals surface area contributed by atoms with E-state index in [9.17, 15) is 13.2 Å². The zero-order chi connectivity index (χ0) is 16.2. The first-order chi connectivity index (χ1) is 10.5. The number of carbonyl (C=O) groups excluding carboxylic acids is 1. The predicted octanol–water partition coefficient (Wildman–Crippen LogP) is 1.62. The largest absolute Gasteiger partial charge is 0.492 e. The number of nitrogens with one attached hydrogen (secondary N) is 1. The third-order valence-electron chi connectivity index (χ3n) is 3.53. The van der Waals surface area contributed by atoms with Crippen LogP contribution in [0, 0.1) is 0 Å². The third-order valence-corrected chi connectivity index (χ3v) is 5.45. The summed E-state index contributed by atoms with van der Waals surface area (Å²) >= 11 is 0. The van der Waals surface area contributed by atoms with Gasteiger partial charge in [0.15, 0.2) is 0 Å². The lowest BCUT2D eigenvalue weighted by Crippen LogP contribution is -2.29. The van der Waals surface area contributed by atoms with Crippen molar-refractivity contribution < 1.29 is 17.9 Å². The molecule has 0 spiro atoms. The van der Waals surface area contributed by atoms with Crippen molar-refractivity contribution in [1.29, 1.82) is 0 Å². The van der Waals surface area contributed by atoms with Gasteiger partial charge in [0.25, 0.3) is 5.91 Å². The van der Waals surface area contributed by atoms with Gasteiger partial charge < -0.3 is 10.1 Å². The molecule has 1 N–H and O–H groups in total. The number of nitrogens with zero attached hydrogens (tertiary/aromatic N) is 1. The van der Waals surface area contributed by atoms with E-state index in [1.54, 1.807) is 19.1 Å². The summed E-state index contributed by atoms with van der Waals surface area (Å²) < 4.78 is 32.4. The van der Waals surface area contributed by atoms with E-state index in [4.69, 9.17) is 4.74 Å². The van der Waals surface area contributed by atoms with Crippen molar-refractivity contribution in [2.45, 2.75) is 31.6 Å². The minimum atomic E-state index is -3.63. The first-order valence-electron chi connectivity index (χ1n) is 7.56. The van der Waals surface area contributed by atoms with Crippen molar-refractivity contribution in [3.63, 3.8) is 0 Å². The first-order valence-corrected chi connectivity index (χ1v) is 9.00. The standard InChI is InChI=1S/C15H22N2O4S/c1-3-16-15(18)12-7-8-13(21-4-2)14(11-12)22(19,20)17-9-5-6-10-17/h7-8,11H,3-6,9-10H2,1-2H3,(H,16,18). The fourth-order valence-corrected chi connectivity index (χ4v) is 4.13. The van der Waals surface area contributed by atoms with Gasteiger partial charge in [0.1, 0.15) is 10.6 Å². The summed E-state index contributed by atoms with van der Waals surface area (Å²) in [6, 6.07) is 4.54. The van der Waals surface area contributed by atoms with Crippen molar-refractivity contribution in [3.05, 3.63) is 23.8 Å². The maximum atomic E-state index is 12.8. The highest BCUT2D eigenvalue weighted by atomic mass is 32.2. The monoisotopic (exact) mass is 326 g/mol. The number of benzene rings is 1. The average Bonchev–Trinajstić information content (AvgIpc) is 3.03. The molecule has 7 heteroatoms. The van der Waals surface area contributed by atoms with E-state index >= 15 is 0 Å². The van der Waals surface area contributed by atoms with Crippen molar-refractivity contribution in [1.82, 2.24) is 9.62 Å². The molecular weight excluding hydrogens is 304 g/mol. The van der Waals surface area contributed by atoms with Crippen LogP contribution in [0.15, 0.2) is 23.1 Å². The molecular formula is C15H22N2O4S. The first kappa shape index (κ1) is 16.8. The summed E-state index contributed by atoms with van der Waals surface area (Å²) in [7, 11) is -3.63. The van der Waals surface area contributed by atoms with E-state index < -0.39 is 10.0 Å². The van der Waals surface area contributed by atoms with Gasteiger partial charge in [-0.25, -0.2) is 8.42 Å². The van der Waals surface area contributed by atoms with Crippen molar-refractivity contribution in [2.24, 2.45) is 0 Å². The highest BCUT2D eigenvalue weighted by Gasteiger charge is 2.30. The van der Waals surface area contributed by atoms with E-state index in [1.807, 2.05) is 6.92 Å². The molecule has 1 saturated heterocycles. The van der Waals surface area contributed by atoms with Gasteiger partial charge in [-0.1, -0.05) is 0 Å². The number of hydrogen-bond acceptors (Lipinski definition) is 4. The van der Waals surface area contributed by atoms with Gasteiger partial charge in [0.2, 0.25) is 10.0 Å². The molecule has 122 valence electrons. The molecule has 1 aliphatic rings. The topological polar surface area (TPSA) is 75.7 Å². The van der Waals surface area contributed by atoms with Crippen LogP contribution in [0.25, 0.3) is 0 Å². The Morgan fingerprint density at radius 1 is 1.27 bits per heavy atom. The van der Waals surface area contributed by atoms with Gasteiger partial charge in [-0.2, -0.15) is 4.31 Å². The third kappa shape index (κ3) is 3.41. The number of sulfonamides is 1. The molecule has 0 atom stereocenters. The fraction of sp³-hybridized carbons (Fsp3) is 0.533. The van der Waals surface area contributed by atoms with Crippen LogP contribution in [0.2, 0.25) is 0 Å². The molecule has 1 aliphatic heterocycles. The number of ether oxygens (including phenoxy) is 1. The Morgan fingerprint density at radius 2 is 1.95 bits per heavy atom. The van der Waals surface area contributed by atoms with E-state index in [-0.39, 0.29) is 10.8 Å². The maximum Gasteiger partial charge on any atom is 0.251 e. The Labute approximate surface area is 131 Å². The maximum absolute atomic E-state index is 12.8. The SMILES string of the molecule is CCNC(=O)c1ccc(OCC)c(S(=O)(=O)N2CCCC2)c1. The number of rotatable bonds is 6. The second-order valence-corrected chi connectivity index (χ2v) is 6.97. The normalized spacial score (nSPS) is 15.7. The molecule has 1 amide bonds. The molecule has 1 heterocycles. The predicted molar refractivity (Wildman–Crippen MR) is 83.6 cm³/mol. The summed E-state index contributed by atoms with van der Waals surface area (Å²) in [5, 5.41) is 2.67. The molecule has 2 rings (SSSR count). The van der Waals surface area contributed by atoms with Crippen molar-refractivity contribution in [2.75, 3.05) is 26.2 Å². The highest BCUT2D eigenvalue weighted by molar-refractivity contribution is 7.89. The van der Waals surface area contributed by atoms with Crippen LogP contribution < -0.4 is 10.1 Å². The quantitative estimate of drug-likeness (QED) is 0.862. The van der Waals surface area contributed by atoms with E-state index in [0.717, 1.165) is 12.8 Å². The van der Waals surface area contributed by atoms with Crippen LogP contribution in [-0.4, -0.2) is 44.9 Å². The molecule has 0 aliphatic carbocycles. The highest BCUT2D eigenvalue weighted by Crippen LogP contribution is 2.30. The van der Waals surface area contributed by atoms with Crippen LogP contribution >= 0.6 is 0 Å². The lowest BCUT2D eigenvalue weighted by Gasteiger charge is -2.18. The van der Waals surface area contributed by atoms with Crippen LogP contribution in [0.4, 0.5) is 0 Å². The molecule has 0 unspecified atom stereocenters. The number of carbonyl (C=O) groups is 1. The van der Waals surface area contributed by atoms with Crippen LogP contribution in [0.3, 0.4) is 0 Å². The van der Waals surface area contributed by atoms with E-state index in [2.05, 4.69) is 5.32 Å². The number of hydrogen-bond donors (Lipinski definition) is 1. The molecule has 6 nitrogen and oxygen atoms in total. The van der Waals surface area contributed by atoms with E-state index in [1.165, 1.54) is 10.4 Å². The van der Waals surface area contributed by atoms with E-state index in [0.29, 0.717) is 37.6 Å². The second kappa shape index (κ2) is 7.11. The fourth-order valence-electron chi connectivity index (χ4n) is 2.46. The van der Waals surface area contributed by atoms with Crippen molar-refractivity contribution >= 4 is 15.9 Å². The molecule has 1 aromatic carbocycles. The Balaban J connectivity index is 2.45. The minimum Gasteiger partial charge on any atom is -0.492 e. The second-order valence-electron chi connectivity index (χ2n) is 5.07. The summed E-state index contributed by atoms with van der Waals surface area (Å²) in [5.74, 6) is 0.00543. The number of amides is 1. The Bertz CT molecular complexity index is 637. The van der Waals surface area contributed by atoms with Crippen LogP contribution in [0.5, 0.6) is 5.75 Å². The van der Waals surface area contributed by atoms with Gasteiger partial charge in [0.05, 0.1) is 6.61 Å². The van der Waals surface area contributed by atoms with Crippen LogP contribution in [-0.2, 0) is 10.0 Å². The lowest BCUT2D eigenvalue weighted by atomic mass is 10.2. The summed E-state index contributed by atoms with van der Waals surface area (Å²) in [6.45, 7) is 5.49. The Morgan fingerprint density at radius 3 is 2.55 bits per heavy atom. The van der Waals surface area contributed by atoms with Gasteiger partial charge in [-0.3, -0.25) is 4.79 Å². The minimum absolute atomic E-state index is 0.0694. The van der Waals surface area contributed by atoms with Crippen LogP contribution in [0.1, 0.15) is 37.0 Å². The molecule has 0 radical (unpaired) electrons. The van der Waals surface area contributed by atoms with Crippen molar-refractivity contribution in [3.8, 4) is 5.75 Å². The Hall–Kier alpha value is -1.60. The zero-order valence-corrected chi connectivity index (χ0v) is 13.8. The molecule has 1 aromatic rings. The zero-order valence-electron chi connectivity index (χ0n) is 13.0. The smallest absolute Gasteiger partial charge is 0.251 e. The lowest BCUT2D eigenvalue weighted by molar-refractivity contribution is 0.0955. The molecule has 0 saturated carbocycles. The summed E-state index contributed by atoms with van der Waals surface area (Å²) in [6.07, 6.45) is 1.72. The Kier molecular flexibility index (Phi) is 5.42. The summed E-state index contributed by atoms with van der Waals surface area (Å²) in [5.41, 5.74) is 0.322. The van der Waals surface area contributed by atoms with Gasteiger partial charge >= 0.3 is 0 Å². The summed E-state index contributed by atoms with van der Waals surface area (Å²) in [4.78, 5) is 12.0. The molecule has 1 fully saturated rings. The molecule has 0 bridgehead atoms. The average molecular weight is 326 g/mol.